The summed E-state index contributed by atoms with van der Waals surface area (Å²) in [5.74, 6) is -0.0591. The van der Waals surface area contributed by atoms with Gasteiger partial charge in [-0.25, -0.2) is 8.42 Å². The monoisotopic (exact) mass is 615 g/mol. The van der Waals surface area contributed by atoms with Crippen molar-refractivity contribution in [2.24, 2.45) is 0 Å². The van der Waals surface area contributed by atoms with Crippen molar-refractivity contribution >= 4 is 27.1 Å². The average molecular weight is 616 g/mol. The molecule has 1 heterocycles. The molecule has 3 rings (SSSR count). The number of amides is 1. The van der Waals surface area contributed by atoms with Gasteiger partial charge in [-0.05, 0) is 82.0 Å². The molecule has 43 heavy (non-hydrogen) atoms. The number of benzene rings is 2. The zero-order valence-corrected chi connectivity index (χ0v) is 28.5. The van der Waals surface area contributed by atoms with Crippen molar-refractivity contribution in [2.75, 3.05) is 50.5 Å². The predicted molar refractivity (Wildman–Crippen MR) is 176 cm³/mol. The summed E-state index contributed by atoms with van der Waals surface area (Å²) in [6.45, 7) is 15.3. The fraction of sp³-hybridized carbons (Fsp3) is 0.618. The van der Waals surface area contributed by atoms with Crippen LogP contribution in [-0.2, 0) is 14.6 Å². The number of quaternary nitrogens is 1. The number of unbranched alkanes of at least 4 members (excludes halogenated alkanes) is 2. The molecule has 0 spiro atoms. The molecule has 0 aromatic heterocycles. The van der Waals surface area contributed by atoms with Gasteiger partial charge in [0, 0.05) is 25.5 Å². The lowest BCUT2D eigenvalue weighted by molar-refractivity contribution is -0.915. The lowest BCUT2D eigenvalue weighted by Gasteiger charge is -2.46. The van der Waals surface area contributed by atoms with Crippen LogP contribution in [0.5, 0.6) is 0 Å². The summed E-state index contributed by atoms with van der Waals surface area (Å²) in [6, 6.07) is 12.2. The molecule has 2 aromatic carbocycles. The number of hydrogen-bond donors (Lipinski definition) is 2. The topological polar surface area (TPSA) is 90.0 Å². The van der Waals surface area contributed by atoms with Gasteiger partial charge in [0.1, 0.15) is 0 Å². The Labute approximate surface area is 260 Å². The number of hydrogen-bond acceptors (Lipinski definition) is 6. The number of carbonyl (C=O) groups is 1. The maximum Gasteiger partial charge on any atom is 0.279 e. The summed E-state index contributed by atoms with van der Waals surface area (Å²) in [7, 11) is 0.0524. The summed E-state index contributed by atoms with van der Waals surface area (Å²) >= 11 is 0. The Hall–Kier alpha value is -2.46. The fourth-order valence-electron chi connectivity index (χ4n) is 6.69. The molecule has 1 aliphatic heterocycles. The van der Waals surface area contributed by atoms with Gasteiger partial charge in [-0.15, -0.1) is 0 Å². The fourth-order valence-corrected chi connectivity index (χ4v) is 8.75. The van der Waals surface area contributed by atoms with E-state index in [1.165, 1.54) is 5.06 Å². The first-order valence-electron chi connectivity index (χ1n) is 16.1. The van der Waals surface area contributed by atoms with E-state index in [1.54, 1.807) is 13.0 Å². The average Bonchev–Trinajstić information content (AvgIpc) is 3.04. The van der Waals surface area contributed by atoms with Crippen molar-refractivity contribution < 1.29 is 22.9 Å². The van der Waals surface area contributed by atoms with Crippen molar-refractivity contribution in [1.82, 2.24) is 5.06 Å². The Morgan fingerprint density at radius 1 is 0.977 bits per heavy atom. The second-order valence-electron chi connectivity index (χ2n) is 12.5. The lowest BCUT2D eigenvalue weighted by atomic mass is 9.81. The van der Waals surface area contributed by atoms with E-state index < -0.39 is 26.7 Å². The molecule has 2 N–H and O–H groups in total. The van der Waals surface area contributed by atoms with Gasteiger partial charge < -0.3 is 19.9 Å². The molecule has 1 unspecified atom stereocenters. The van der Waals surface area contributed by atoms with E-state index in [-0.39, 0.29) is 10.8 Å². The van der Waals surface area contributed by atoms with Gasteiger partial charge in [-0.2, -0.15) is 5.06 Å². The number of rotatable bonds is 14. The molecule has 240 valence electrons. The van der Waals surface area contributed by atoms with Crippen LogP contribution >= 0.6 is 0 Å². The molecule has 9 heteroatoms. The van der Waals surface area contributed by atoms with Gasteiger partial charge in [-0.3, -0.25) is 4.79 Å². The third kappa shape index (κ3) is 7.11. The van der Waals surface area contributed by atoms with Crippen LogP contribution in [0.2, 0.25) is 0 Å². The van der Waals surface area contributed by atoms with Gasteiger partial charge in [0.2, 0.25) is 0 Å². The van der Waals surface area contributed by atoms with E-state index in [4.69, 9.17) is 0 Å². The van der Waals surface area contributed by atoms with Crippen LogP contribution in [0.15, 0.2) is 47.4 Å². The molecule has 1 aliphatic rings. The first-order chi connectivity index (χ1) is 20.4. The van der Waals surface area contributed by atoms with Gasteiger partial charge >= 0.3 is 0 Å². The lowest BCUT2D eigenvalue weighted by Crippen LogP contribution is -2.56. The molecular weight excluding hydrogens is 560 g/mol. The molecule has 1 amide bonds. The highest BCUT2D eigenvalue weighted by atomic mass is 32.2. The predicted octanol–water partition coefficient (Wildman–Crippen LogP) is 6.64. The molecule has 0 fully saturated rings. The highest BCUT2D eigenvalue weighted by Crippen LogP contribution is 2.48. The second kappa shape index (κ2) is 14.5. The van der Waals surface area contributed by atoms with Crippen molar-refractivity contribution in [1.29, 1.82) is 0 Å². The summed E-state index contributed by atoms with van der Waals surface area (Å²) in [5.41, 5.74) is 1.80. The van der Waals surface area contributed by atoms with Gasteiger partial charge in [-0.1, -0.05) is 51.7 Å². The minimum Gasteiger partial charge on any atom is -0.378 e. The zero-order valence-electron chi connectivity index (χ0n) is 27.7. The molecule has 0 bridgehead atoms. The van der Waals surface area contributed by atoms with Crippen LogP contribution in [0.4, 0.5) is 11.4 Å². The molecule has 2 atom stereocenters. The standard InChI is InChI=1S/C34H54N4O4S/c1-9-14-21-34(22-15-10-2)26(6)43(41,42)31-20-19-29(36(7)8)24-30(31)33(37(34)40)27-17-16-18-28(23-27)35-32(39)25-38(11-3,12-4)13-5/h16-20,23-24,26,33,40H,9-15,21-22,25H2,1-8H3/p+1/t26?,33-/m1/s1. The number of fused-ring (bicyclic) bond motifs is 1. The van der Waals surface area contributed by atoms with Gasteiger partial charge in [0.05, 0.1) is 41.4 Å². The minimum absolute atomic E-state index is 0.0591. The summed E-state index contributed by atoms with van der Waals surface area (Å²) in [4.78, 5) is 15.4. The maximum absolute atomic E-state index is 14.4. The number of nitrogens with zero attached hydrogens (tertiary/aromatic N) is 3. The Bertz CT molecular complexity index is 1320. The number of anilines is 2. The first-order valence-corrected chi connectivity index (χ1v) is 17.7. The zero-order chi connectivity index (χ0) is 32.0. The van der Waals surface area contributed by atoms with E-state index in [1.807, 2.05) is 55.4 Å². The first kappa shape index (κ1) is 35.0. The molecule has 2 aromatic rings. The quantitative estimate of drug-likeness (QED) is 0.232. The summed E-state index contributed by atoms with van der Waals surface area (Å²) in [5, 5.41) is 16.1. The third-order valence-corrected chi connectivity index (χ3v) is 12.3. The SMILES string of the molecule is CCCCC1(CCCC)C(C)S(=O)(=O)c2ccc(N(C)C)cc2[C@@H](c2cccc(NC(=O)C[N+](CC)(CC)CC)c2)N1O. The normalized spacial score (nSPS) is 19.8. The largest absolute Gasteiger partial charge is 0.378 e. The van der Waals surface area contributed by atoms with E-state index in [9.17, 15) is 18.4 Å². The molecule has 8 nitrogen and oxygen atoms in total. The number of nitrogens with one attached hydrogen (secondary N) is 1. The minimum atomic E-state index is -3.79. The van der Waals surface area contributed by atoms with Crippen LogP contribution in [0.3, 0.4) is 0 Å². The second-order valence-corrected chi connectivity index (χ2v) is 14.7. The van der Waals surface area contributed by atoms with Crippen molar-refractivity contribution in [2.45, 2.75) is 102 Å². The Morgan fingerprint density at radius 3 is 2.12 bits per heavy atom. The molecule has 0 aliphatic carbocycles. The third-order valence-electron chi connectivity index (χ3n) is 9.94. The molecule has 0 saturated heterocycles. The van der Waals surface area contributed by atoms with Crippen LogP contribution in [-0.4, -0.2) is 80.1 Å². The van der Waals surface area contributed by atoms with Crippen molar-refractivity contribution in [3.8, 4) is 0 Å². The smallest absolute Gasteiger partial charge is 0.279 e. The highest BCUT2D eigenvalue weighted by molar-refractivity contribution is 7.92. The van der Waals surface area contributed by atoms with Gasteiger partial charge in [0.25, 0.3) is 5.91 Å². The molecule has 0 radical (unpaired) electrons. The number of sulfone groups is 1. The van der Waals surface area contributed by atoms with E-state index >= 15 is 0 Å². The number of carbonyl (C=O) groups excluding carboxylic acids is 1. The van der Waals surface area contributed by atoms with Crippen LogP contribution in [0.25, 0.3) is 0 Å². The number of hydroxylamine groups is 2. The molecular formula is C34H55N4O4S+. The van der Waals surface area contributed by atoms with E-state index in [2.05, 4.69) is 39.9 Å². The summed E-state index contributed by atoms with van der Waals surface area (Å²) in [6.07, 6.45) is 4.52. The van der Waals surface area contributed by atoms with Gasteiger partial charge in [0.15, 0.2) is 16.4 Å². The summed E-state index contributed by atoms with van der Waals surface area (Å²) < 4.78 is 29.5. The maximum atomic E-state index is 14.4. The van der Waals surface area contributed by atoms with Crippen LogP contribution < -0.4 is 10.2 Å². The Morgan fingerprint density at radius 2 is 1.58 bits per heavy atom. The Balaban J connectivity index is 2.23. The molecule has 0 saturated carbocycles. The van der Waals surface area contributed by atoms with Crippen LogP contribution in [0, 0.1) is 0 Å². The van der Waals surface area contributed by atoms with Crippen LogP contribution in [0.1, 0.15) is 97.2 Å². The number of likely N-dealkylation sites (N-methyl/N-ethyl adjacent to an activating group) is 1. The van der Waals surface area contributed by atoms with Crippen molar-refractivity contribution in [3.63, 3.8) is 0 Å². The van der Waals surface area contributed by atoms with Crippen molar-refractivity contribution in [3.05, 3.63) is 53.6 Å². The highest BCUT2D eigenvalue weighted by Gasteiger charge is 2.53. The van der Waals surface area contributed by atoms with E-state index in [0.29, 0.717) is 35.1 Å². The van der Waals surface area contributed by atoms with E-state index in [0.717, 1.165) is 56.6 Å². The Kier molecular flexibility index (Phi) is 11.8.